The number of rotatable bonds is 73. The van der Waals surface area contributed by atoms with Crippen molar-refractivity contribution in [2.45, 2.75) is 400 Å². The minimum atomic E-state index is -4.95. The van der Waals surface area contributed by atoms with Crippen molar-refractivity contribution in [2.24, 2.45) is 11.8 Å². The highest BCUT2D eigenvalue weighted by Crippen LogP contribution is 2.45. The normalized spacial score (nSPS) is 14.6. The molecule has 0 aliphatic rings. The molecule has 0 aromatic heterocycles. The van der Waals surface area contributed by atoms with Crippen LogP contribution in [0, 0.1) is 11.8 Å². The van der Waals surface area contributed by atoms with Crippen LogP contribution in [0.5, 0.6) is 0 Å². The summed E-state index contributed by atoms with van der Waals surface area (Å²) < 4.78 is 68.3. The number of aliphatic hydroxyl groups excluding tert-OH is 1. The molecule has 93 heavy (non-hydrogen) atoms. The molecule has 0 radical (unpaired) electrons. The van der Waals surface area contributed by atoms with Gasteiger partial charge in [-0.2, -0.15) is 0 Å². The molecule has 0 aromatic rings. The van der Waals surface area contributed by atoms with Gasteiger partial charge in [-0.1, -0.05) is 330 Å². The lowest BCUT2D eigenvalue weighted by Gasteiger charge is -2.21. The van der Waals surface area contributed by atoms with E-state index in [1.54, 1.807) is 0 Å². The van der Waals surface area contributed by atoms with Gasteiger partial charge in [0.15, 0.2) is 12.2 Å². The number of carbonyl (C=O) groups excluding carboxylic acids is 4. The Morgan fingerprint density at radius 2 is 0.516 bits per heavy atom. The largest absolute Gasteiger partial charge is 0.472 e. The summed E-state index contributed by atoms with van der Waals surface area (Å²) in [6, 6.07) is 0. The highest BCUT2D eigenvalue weighted by molar-refractivity contribution is 7.47. The van der Waals surface area contributed by atoms with E-state index in [9.17, 15) is 43.2 Å². The lowest BCUT2D eigenvalue weighted by molar-refractivity contribution is -0.161. The molecule has 552 valence electrons. The van der Waals surface area contributed by atoms with Crippen molar-refractivity contribution in [1.82, 2.24) is 0 Å². The highest BCUT2D eigenvalue weighted by atomic mass is 31.2. The molecule has 17 nitrogen and oxygen atoms in total. The Morgan fingerprint density at radius 3 is 0.763 bits per heavy atom. The number of aliphatic hydroxyl groups is 1. The van der Waals surface area contributed by atoms with Gasteiger partial charge in [-0.05, 0) is 37.5 Å². The standard InChI is InChI=1S/C74H144O17P2/c1-7-11-13-15-17-18-33-40-46-52-58-73(78)90-69(62-84-71(76)56-50-44-36-16-14-12-8-2)64-88-92(80,81)86-60-68(75)61-87-93(82,83)89-65-70(91-74(79)59-53-47-41-35-30-26-22-20-24-28-32-38-43-49-55-67(6)10-4)63-85-72(77)57-51-45-39-34-29-25-21-19-23-27-31-37-42-48-54-66(5)9-3/h66-70,75H,7-65H2,1-6H3,(H,80,81)(H,82,83)/t66?,67?,68-,69+,70+/m0/s1. The van der Waals surface area contributed by atoms with Crippen molar-refractivity contribution >= 4 is 39.5 Å². The van der Waals surface area contributed by atoms with Gasteiger partial charge in [-0.3, -0.25) is 37.3 Å². The molecule has 0 fully saturated rings. The molecule has 0 aromatic carbocycles. The summed E-state index contributed by atoms with van der Waals surface area (Å²) in [4.78, 5) is 72.5. The molecule has 3 N–H and O–H groups in total. The van der Waals surface area contributed by atoms with Crippen LogP contribution in [0.3, 0.4) is 0 Å². The van der Waals surface area contributed by atoms with E-state index in [4.69, 9.17) is 37.0 Å². The molecule has 0 amide bonds. The van der Waals surface area contributed by atoms with Crippen molar-refractivity contribution in [2.75, 3.05) is 39.6 Å². The van der Waals surface area contributed by atoms with Crippen molar-refractivity contribution in [3.05, 3.63) is 0 Å². The van der Waals surface area contributed by atoms with Crippen LogP contribution in [0.2, 0.25) is 0 Å². The first-order chi connectivity index (χ1) is 44.9. The molecule has 0 rings (SSSR count). The van der Waals surface area contributed by atoms with Crippen LogP contribution >= 0.6 is 15.6 Å². The van der Waals surface area contributed by atoms with Crippen LogP contribution < -0.4 is 0 Å². The zero-order chi connectivity index (χ0) is 68.6. The monoisotopic (exact) mass is 1370 g/mol. The molecule has 0 spiro atoms. The smallest absolute Gasteiger partial charge is 0.462 e. The molecule has 4 unspecified atom stereocenters. The van der Waals surface area contributed by atoms with Crippen molar-refractivity contribution in [3.63, 3.8) is 0 Å². The van der Waals surface area contributed by atoms with Crippen molar-refractivity contribution in [3.8, 4) is 0 Å². The Bertz CT molecular complexity index is 1810. The Labute approximate surface area is 568 Å². The topological polar surface area (TPSA) is 237 Å². The second-order valence-electron chi connectivity index (χ2n) is 27.2. The number of ether oxygens (including phenoxy) is 4. The maximum absolute atomic E-state index is 13.1. The van der Waals surface area contributed by atoms with E-state index in [1.165, 1.54) is 186 Å². The fourth-order valence-electron chi connectivity index (χ4n) is 11.2. The van der Waals surface area contributed by atoms with E-state index in [-0.39, 0.29) is 25.7 Å². The molecular formula is C74H144O17P2. The maximum Gasteiger partial charge on any atom is 0.472 e. The Hall–Kier alpha value is -1.94. The first-order valence-corrected chi connectivity index (χ1v) is 41.6. The number of hydrogen-bond acceptors (Lipinski definition) is 15. The number of phosphoric ester groups is 2. The summed E-state index contributed by atoms with van der Waals surface area (Å²) in [5.41, 5.74) is 0. The minimum Gasteiger partial charge on any atom is -0.462 e. The second-order valence-corrected chi connectivity index (χ2v) is 30.1. The fraction of sp³-hybridized carbons (Fsp3) is 0.946. The van der Waals surface area contributed by atoms with Crippen LogP contribution in [-0.2, 0) is 65.4 Å². The van der Waals surface area contributed by atoms with Crippen LogP contribution in [-0.4, -0.2) is 96.7 Å². The molecule has 0 heterocycles. The third-order valence-corrected chi connectivity index (χ3v) is 19.8. The van der Waals surface area contributed by atoms with Gasteiger partial charge in [-0.25, -0.2) is 9.13 Å². The molecular weight excluding hydrogens is 1220 g/mol. The number of carbonyl (C=O) groups is 4. The van der Waals surface area contributed by atoms with E-state index in [1.807, 2.05) is 0 Å². The molecule has 0 aliphatic heterocycles. The Balaban J connectivity index is 5.18. The van der Waals surface area contributed by atoms with E-state index in [2.05, 4.69) is 41.5 Å². The van der Waals surface area contributed by atoms with E-state index in [0.29, 0.717) is 25.7 Å². The second kappa shape index (κ2) is 66.0. The zero-order valence-electron chi connectivity index (χ0n) is 60.6. The van der Waals surface area contributed by atoms with Crippen LogP contribution in [0.4, 0.5) is 0 Å². The maximum atomic E-state index is 13.1. The number of esters is 4. The SMILES string of the molecule is CCCCCCCCCCCCC(=O)O[C@H](COC(=O)CCCCCCCCC)COP(=O)(O)OC[C@H](O)COP(=O)(O)OC[C@@H](COC(=O)CCCCCCCCCCCCCCCCC(C)CC)OC(=O)CCCCCCCCCCCCCCCCC(C)CC. The lowest BCUT2D eigenvalue weighted by Crippen LogP contribution is -2.30. The van der Waals surface area contributed by atoms with E-state index in [0.717, 1.165) is 115 Å². The zero-order valence-corrected chi connectivity index (χ0v) is 62.3. The molecule has 0 aliphatic carbocycles. The summed E-state index contributed by atoms with van der Waals surface area (Å²) in [5, 5.41) is 10.6. The van der Waals surface area contributed by atoms with Crippen LogP contribution in [0.15, 0.2) is 0 Å². The van der Waals surface area contributed by atoms with Gasteiger partial charge in [0.2, 0.25) is 0 Å². The number of phosphoric acid groups is 2. The number of hydrogen-bond donors (Lipinski definition) is 3. The summed E-state index contributed by atoms with van der Waals surface area (Å²) >= 11 is 0. The van der Waals surface area contributed by atoms with Gasteiger partial charge >= 0.3 is 39.5 Å². The van der Waals surface area contributed by atoms with Crippen LogP contribution in [0.1, 0.15) is 382 Å². The quantitative estimate of drug-likeness (QED) is 0.0222. The van der Waals surface area contributed by atoms with Gasteiger partial charge in [0.05, 0.1) is 26.4 Å². The molecule has 7 atom stereocenters. The van der Waals surface area contributed by atoms with Gasteiger partial charge in [0.1, 0.15) is 19.3 Å². The first kappa shape index (κ1) is 91.1. The third-order valence-electron chi connectivity index (χ3n) is 17.9. The van der Waals surface area contributed by atoms with Gasteiger partial charge in [0.25, 0.3) is 0 Å². The van der Waals surface area contributed by atoms with E-state index >= 15 is 0 Å². The first-order valence-electron chi connectivity index (χ1n) is 38.6. The van der Waals surface area contributed by atoms with Crippen molar-refractivity contribution in [1.29, 1.82) is 0 Å². The van der Waals surface area contributed by atoms with Gasteiger partial charge in [-0.15, -0.1) is 0 Å². The third kappa shape index (κ3) is 65.8. The minimum absolute atomic E-state index is 0.106. The average Bonchev–Trinajstić information content (AvgIpc) is 1.95. The van der Waals surface area contributed by atoms with Gasteiger partial charge < -0.3 is 33.8 Å². The average molecular weight is 1370 g/mol. The lowest BCUT2D eigenvalue weighted by atomic mass is 9.99. The Morgan fingerprint density at radius 1 is 0.301 bits per heavy atom. The van der Waals surface area contributed by atoms with Crippen molar-refractivity contribution < 1.29 is 80.2 Å². The predicted octanol–water partition coefficient (Wildman–Crippen LogP) is 21.6. The summed E-state index contributed by atoms with van der Waals surface area (Å²) in [6.45, 7) is 9.64. The van der Waals surface area contributed by atoms with Crippen LogP contribution in [0.25, 0.3) is 0 Å². The molecule has 0 bridgehead atoms. The molecule has 0 saturated heterocycles. The Kier molecular flexibility index (Phi) is 64.6. The summed E-state index contributed by atoms with van der Waals surface area (Å²) in [7, 11) is -9.90. The molecule has 0 saturated carbocycles. The highest BCUT2D eigenvalue weighted by Gasteiger charge is 2.30. The van der Waals surface area contributed by atoms with E-state index < -0.39 is 97.5 Å². The molecule has 19 heteroatoms. The summed E-state index contributed by atoms with van der Waals surface area (Å²) in [6.07, 6.45) is 52.7. The van der Waals surface area contributed by atoms with Gasteiger partial charge in [0, 0.05) is 25.7 Å². The summed E-state index contributed by atoms with van der Waals surface area (Å²) in [5.74, 6) is -0.427. The fourth-order valence-corrected chi connectivity index (χ4v) is 12.8. The predicted molar refractivity (Wildman–Crippen MR) is 377 cm³/mol. The number of unbranched alkanes of at least 4 members (excludes halogenated alkanes) is 41.